The van der Waals surface area contributed by atoms with Gasteiger partial charge in [-0.3, -0.25) is 0 Å². The summed E-state index contributed by atoms with van der Waals surface area (Å²) in [7, 11) is 0. The van der Waals surface area contributed by atoms with Gasteiger partial charge in [0.2, 0.25) is 0 Å². The standard InChI is InChI=1S/C15H10F2N2O/c16-9-7-12(17)15(19-8-9)20-14-6-5-13(18)10-3-1-2-4-11(10)14/h1-8H,18H2. The minimum atomic E-state index is -0.856. The fraction of sp³-hybridized carbons (Fsp3) is 0. The van der Waals surface area contributed by atoms with Gasteiger partial charge >= 0.3 is 0 Å². The molecule has 2 N–H and O–H groups in total. The molecule has 0 amide bonds. The molecule has 0 unspecified atom stereocenters. The Labute approximate surface area is 113 Å². The van der Waals surface area contributed by atoms with Crippen LogP contribution in [-0.2, 0) is 0 Å². The largest absolute Gasteiger partial charge is 0.436 e. The van der Waals surface area contributed by atoms with E-state index < -0.39 is 11.6 Å². The van der Waals surface area contributed by atoms with E-state index >= 15 is 0 Å². The third kappa shape index (κ3) is 2.14. The summed E-state index contributed by atoms with van der Waals surface area (Å²) in [5.41, 5.74) is 6.47. The number of fused-ring (bicyclic) bond motifs is 1. The van der Waals surface area contributed by atoms with Gasteiger partial charge in [-0.25, -0.2) is 13.8 Å². The SMILES string of the molecule is Nc1ccc(Oc2ncc(F)cc2F)c2ccccc12. The van der Waals surface area contributed by atoms with Crippen molar-refractivity contribution in [3.05, 3.63) is 60.3 Å². The average Bonchev–Trinajstić information content (AvgIpc) is 2.45. The van der Waals surface area contributed by atoms with Gasteiger partial charge in [-0.15, -0.1) is 0 Å². The lowest BCUT2D eigenvalue weighted by molar-refractivity contribution is 0.420. The second-order valence-corrected chi connectivity index (χ2v) is 4.24. The van der Waals surface area contributed by atoms with Crippen molar-refractivity contribution < 1.29 is 13.5 Å². The van der Waals surface area contributed by atoms with E-state index in [4.69, 9.17) is 10.5 Å². The van der Waals surface area contributed by atoms with Gasteiger partial charge in [0.05, 0.1) is 6.20 Å². The van der Waals surface area contributed by atoms with Crippen LogP contribution in [0.15, 0.2) is 48.7 Å². The quantitative estimate of drug-likeness (QED) is 0.720. The number of anilines is 1. The van der Waals surface area contributed by atoms with E-state index in [0.717, 1.165) is 23.0 Å². The lowest BCUT2D eigenvalue weighted by atomic mass is 10.1. The summed E-state index contributed by atoms with van der Waals surface area (Å²) in [5.74, 6) is -1.47. The Balaban J connectivity index is 2.09. The van der Waals surface area contributed by atoms with Crippen LogP contribution >= 0.6 is 0 Å². The molecule has 3 nitrogen and oxygen atoms in total. The Hall–Kier alpha value is -2.69. The van der Waals surface area contributed by atoms with E-state index in [1.807, 2.05) is 24.3 Å². The third-order valence-corrected chi connectivity index (χ3v) is 2.90. The predicted molar refractivity (Wildman–Crippen MR) is 72.6 cm³/mol. The van der Waals surface area contributed by atoms with Crippen LogP contribution in [-0.4, -0.2) is 4.98 Å². The lowest BCUT2D eigenvalue weighted by Crippen LogP contribution is -1.95. The molecule has 0 aliphatic rings. The molecule has 0 fully saturated rings. The highest BCUT2D eigenvalue weighted by atomic mass is 19.1. The van der Waals surface area contributed by atoms with Crippen molar-refractivity contribution in [3.63, 3.8) is 0 Å². The maximum Gasteiger partial charge on any atom is 0.256 e. The molecule has 0 atom stereocenters. The molecule has 5 heteroatoms. The van der Waals surface area contributed by atoms with Crippen molar-refractivity contribution in [2.45, 2.75) is 0 Å². The van der Waals surface area contributed by atoms with Gasteiger partial charge in [0.1, 0.15) is 11.6 Å². The van der Waals surface area contributed by atoms with Gasteiger partial charge < -0.3 is 10.5 Å². The predicted octanol–water partition coefficient (Wildman–Crippen LogP) is 3.89. The highest BCUT2D eigenvalue weighted by Crippen LogP contribution is 2.33. The average molecular weight is 272 g/mol. The van der Waals surface area contributed by atoms with Crippen LogP contribution in [0.25, 0.3) is 10.8 Å². The van der Waals surface area contributed by atoms with Crippen molar-refractivity contribution in [2.75, 3.05) is 5.73 Å². The molecule has 0 saturated carbocycles. The third-order valence-electron chi connectivity index (χ3n) is 2.90. The van der Waals surface area contributed by atoms with Crippen LogP contribution in [0.5, 0.6) is 11.6 Å². The molecule has 2 aromatic carbocycles. The zero-order valence-electron chi connectivity index (χ0n) is 10.3. The Morgan fingerprint density at radius 3 is 2.50 bits per heavy atom. The van der Waals surface area contributed by atoms with E-state index in [2.05, 4.69) is 4.98 Å². The van der Waals surface area contributed by atoms with Crippen LogP contribution in [0.2, 0.25) is 0 Å². The summed E-state index contributed by atoms with van der Waals surface area (Å²) in [4.78, 5) is 3.60. The first-order valence-corrected chi connectivity index (χ1v) is 5.91. The van der Waals surface area contributed by atoms with E-state index in [1.54, 1.807) is 12.1 Å². The maximum absolute atomic E-state index is 13.6. The first-order valence-electron chi connectivity index (χ1n) is 5.91. The molecule has 0 bridgehead atoms. The molecule has 0 saturated heterocycles. The normalized spacial score (nSPS) is 10.7. The summed E-state index contributed by atoms with van der Waals surface area (Å²) >= 11 is 0. The monoisotopic (exact) mass is 272 g/mol. The minimum absolute atomic E-state index is 0.277. The number of nitrogens with zero attached hydrogens (tertiary/aromatic N) is 1. The highest BCUT2D eigenvalue weighted by Gasteiger charge is 2.11. The maximum atomic E-state index is 13.6. The van der Waals surface area contributed by atoms with E-state index in [0.29, 0.717) is 11.4 Å². The van der Waals surface area contributed by atoms with Gasteiger partial charge in [0, 0.05) is 22.5 Å². The number of nitrogen functional groups attached to an aromatic ring is 1. The summed E-state index contributed by atoms with van der Waals surface area (Å²) in [6, 6.07) is 11.3. The van der Waals surface area contributed by atoms with Crippen LogP contribution in [0, 0.1) is 11.6 Å². The van der Waals surface area contributed by atoms with Gasteiger partial charge in [-0.1, -0.05) is 24.3 Å². The topological polar surface area (TPSA) is 48.1 Å². The number of rotatable bonds is 2. The second kappa shape index (κ2) is 4.77. The van der Waals surface area contributed by atoms with Crippen molar-refractivity contribution in [1.29, 1.82) is 0 Å². The molecular weight excluding hydrogens is 262 g/mol. The molecule has 0 aliphatic carbocycles. The molecule has 1 heterocycles. The number of hydrogen-bond acceptors (Lipinski definition) is 3. The summed E-state index contributed by atoms with van der Waals surface area (Å²) in [6.07, 6.45) is 0.901. The molecule has 100 valence electrons. The van der Waals surface area contributed by atoms with Crippen molar-refractivity contribution in [1.82, 2.24) is 4.98 Å². The fourth-order valence-electron chi connectivity index (χ4n) is 1.97. The smallest absolute Gasteiger partial charge is 0.256 e. The van der Waals surface area contributed by atoms with E-state index in [9.17, 15) is 8.78 Å². The van der Waals surface area contributed by atoms with Gasteiger partial charge in [-0.05, 0) is 12.1 Å². The fourth-order valence-corrected chi connectivity index (χ4v) is 1.97. The van der Waals surface area contributed by atoms with E-state index in [-0.39, 0.29) is 5.88 Å². The minimum Gasteiger partial charge on any atom is -0.436 e. The van der Waals surface area contributed by atoms with Crippen LogP contribution in [0.3, 0.4) is 0 Å². The molecule has 0 spiro atoms. The molecule has 20 heavy (non-hydrogen) atoms. The number of benzene rings is 2. The van der Waals surface area contributed by atoms with Gasteiger partial charge in [0.15, 0.2) is 5.82 Å². The van der Waals surface area contributed by atoms with Gasteiger partial charge in [-0.2, -0.15) is 0 Å². The zero-order valence-corrected chi connectivity index (χ0v) is 10.3. The first-order chi connectivity index (χ1) is 9.65. The molecule has 3 aromatic rings. The summed E-state index contributed by atoms with van der Waals surface area (Å²) < 4.78 is 31.8. The Morgan fingerprint density at radius 2 is 1.75 bits per heavy atom. The number of hydrogen-bond donors (Lipinski definition) is 1. The zero-order chi connectivity index (χ0) is 14.1. The second-order valence-electron chi connectivity index (χ2n) is 4.24. The molecule has 0 radical (unpaired) electrons. The number of pyridine rings is 1. The van der Waals surface area contributed by atoms with E-state index in [1.165, 1.54) is 0 Å². The van der Waals surface area contributed by atoms with Crippen molar-refractivity contribution in [3.8, 4) is 11.6 Å². The van der Waals surface area contributed by atoms with Crippen LogP contribution < -0.4 is 10.5 Å². The molecule has 0 aliphatic heterocycles. The number of halogens is 2. The van der Waals surface area contributed by atoms with Crippen molar-refractivity contribution in [2.24, 2.45) is 0 Å². The van der Waals surface area contributed by atoms with Crippen LogP contribution in [0.1, 0.15) is 0 Å². The van der Waals surface area contributed by atoms with Crippen molar-refractivity contribution >= 4 is 16.5 Å². The Kier molecular flexibility index (Phi) is 2.95. The molecule has 3 rings (SSSR count). The Bertz CT molecular complexity index is 790. The first kappa shape index (κ1) is 12.3. The highest BCUT2D eigenvalue weighted by molar-refractivity contribution is 5.97. The summed E-state index contributed by atoms with van der Waals surface area (Å²) in [5, 5.41) is 1.53. The van der Waals surface area contributed by atoms with Gasteiger partial charge in [0.25, 0.3) is 5.88 Å². The Morgan fingerprint density at radius 1 is 1.00 bits per heavy atom. The molecule has 1 aromatic heterocycles. The number of ether oxygens (including phenoxy) is 1. The molecular formula is C15H10F2N2O. The van der Waals surface area contributed by atoms with Crippen LogP contribution in [0.4, 0.5) is 14.5 Å². The summed E-state index contributed by atoms with van der Waals surface area (Å²) in [6.45, 7) is 0. The number of nitrogens with two attached hydrogens (primary N) is 1. The lowest BCUT2D eigenvalue weighted by Gasteiger charge is -2.10. The number of aromatic nitrogens is 1.